The molecule has 1 unspecified atom stereocenters. The third-order valence-corrected chi connectivity index (χ3v) is 3.37. The molecule has 1 saturated heterocycles. The number of likely N-dealkylation sites (tertiary alicyclic amines) is 1. The normalized spacial score (nSPS) is 21.9. The highest BCUT2D eigenvalue weighted by Gasteiger charge is 2.23. The minimum atomic E-state index is 0.303. The zero-order chi connectivity index (χ0) is 12.1. The van der Waals surface area contributed by atoms with Crippen LogP contribution in [0.4, 0.5) is 0 Å². The molecule has 0 spiro atoms. The van der Waals surface area contributed by atoms with Crippen LogP contribution in [0, 0.1) is 6.92 Å². The van der Waals surface area contributed by atoms with E-state index in [1.165, 1.54) is 19.4 Å². The van der Waals surface area contributed by atoms with E-state index in [1.54, 1.807) is 0 Å². The number of hydrogen-bond donors (Lipinski definition) is 2. The van der Waals surface area contributed by atoms with Crippen molar-refractivity contribution in [1.29, 1.82) is 0 Å². The molecule has 1 atom stereocenters. The summed E-state index contributed by atoms with van der Waals surface area (Å²) in [6, 6.07) is 0. The molecule has 17 heavy (non-hydrogen) atoms. The van der Waals surface area contributed by atoms with Crippen molar-refractivity contribution in [3.63, 3.8) is 0 Å². The average molecular weight is 238 g/mol. The molecule has 96 valence electrons. The molecule has 1 aliphatic heterocycles. The fraction of sp³-hybridized carbons (Fsp3) is 0.833. The molecule has 1 aromatic heterocycles. The van der Waals surface area contributed by atoms with E-state index < -0.39 is 0 Å². The van der Waals surface area contributed by atoms with Crippen LogP contribution in [0.5, 0.6) is 0 Å². The van der Waals surface area contributed by atoms with Gasteiger partial charge in [0.1, 0.15) is 5.82 Å². The lowest BCUT2D eigenvalue weighted by Crippen LogP contribution is -2.35. The fourth-order valence-corrected chi connectivity index (χ4v) is 2.46. The number of hydrogen-bond acceptors (Lipinski definition) is 4. The number of nitrogens with zero attached hydrogens (tertiary/aromatic N) is 3. The van der Waals surface area contributed by atoms with Crippen molar-refractivity contribution in [2.75, 3.05) is 26.2 Å². The first kappa shape index (κ1) is 12.5. The van der Waals surface area contributed by atoms with Gasteiger partial charge in [-0.3, -0.25) is 5.10 Å². The Morgan fingerprint density at radius 3 is 3.06 bits per heavy atom. The van der Waals surface area contributed by atoms with E-state index in [-0.39, 0.29) is 0 Å². The van der Waals surface area contributed by atoms with Gasteiger partial charge in [0.15, 0.2) is 5.82 Å². The van der Waals surface area contributed by atoms with Crippen molar-refractivity contribution < 1.29 is 5.11 Å². The van der Waals surface area contributed by atoms with Crippen LogP contribution in [-0.4, -0.2) is 51.4 Å². The Kier molecular flexibility index (Phi) is 4.50. The second kappa shape index (κ2) is 6.12. The number of rotatable bonds is 5. The number of aryl methyl sites for hydroxylation is 1. The Morgan fingerprint density at radius 2 is 2.35 bits per heavy atom. The van der Waals surface area contributed by atoms with Gasteiger partial charge in [-0.15, -0.1) is 0 Å². The van der Waals surface area contributed by atoms with E-state index in [0.29, 0.717) is 12.5 Å². The highest BCUT2D eigenvalue weighted by molar-refractivity contribution is 4.99. The van der Waals surface area contributed by atoms with Crippen LogP contribution in [0.15, 0.2) is 0 Å². The van der Waals surface area contributed by atoms with Crippen molar-refractivity contribution in [2.45, 2.75) is 38.5 Å². The topological polar surface area (TPSA) is 65.0 Å². The number of aliphatic hydroxyl groups is 1. The maximum Gasteiger partial charge on any atom is 0.155 e. The lowest BCUT2D eigenvalue weighted by molar-refractivity contribution is 0.193. The molecular formula is C12H22N4O. The molecule has 5 heteroatoms. The molecule has 0 amide bonds. The molecule has 0 saturated carbocycles. The first-order valence-corrected chi connectivity index (χ1v) is 6.51. The molecule has 0 aliphatic carbocycles. The van der Waals surface area contributed by atoms with Gasteiger partial charge in [0.25, 0.3) is 0 Å². The summed E-state index contributed by atoms with van der Waals surface area (Å²) in [5.74, 6) is 2.34. The third-order valence-electron chi connectivity index (χ3n) is 3.37. The van der Waals surface area contributed by atoms with Gasteiger partial charge in [0.05, 0.1) is 0 Å². The van der Waals surface area contributed by atoms with E-state index in [1.807, 2.05) is 6.92 Å². The quantitative estimate of drug-likeness (QED) is 0.753. The summed E-state index contributed by atoms with van der Waals surface area (Å²) in [5.41, 5.74) is 0. The maximum absolute atomic E-state index is 8.79. The molecule has 0 radical (unpaired) electrons. The van der Waals surface area contributed by atoms with Crippen LogP contribution in [0.25, 0.3) is 0 Å². The van der Waals surface area contributed by atoms with Crippen LogP contribution in [0.3, 0.4) is 0 Å². The van der Waals surface area contributed by atoms with Crippen LogP contribution in [0.2, 0.25) is 0 Å². The number of H-pyrrole nitrogens is 1. The van der Waals surface area contributed by atoms with Gasteiger partial charge < -0.3 is 10.0 Å². The van der Waals surface area contributed by atoms with Gasteiger partial charge in [-0.05, 0) is 45.7 Å². The molecule has 1 aromatic rings. The van der Waals surface area contributed by atoms with Crippen LogP contribution < -0.4 is 0 Å². The Hall–Kier alpha value is -0.940. The van der Waals surface area contributed by atoms with E-state index in [2.05, 4.69) is 20.1 Å². The van der Waals surface area contributed by atoms with Gasteiger partial charge in [0.2, 0.25) is 0 Å². The molecule has 1 fully saturated rings. The van der Waals surface area contributed by atoms with Gasteiger partial charge >= 0.3 is 0 Å². The lowest BCUT2D eigenvalue weighted by Gasteiger charge is -2.31. The molecule has 2 heterocycles. The van der Waals surface area contributed by atoms with E-state index >= 15 is 0 Å². The molecular weight excluding hydrogens is 216 g/mol. The number of aromatic amines is 1. The maximum atomic E-state index is 8.79. The predicted molar refractivity (Wildman–Crippen MR) is 65.9 cm³/mol. The lowest BCUT2D eigenvalue weighted by atomic mass is 9.97. The summed E-state index contributed by atoms with van der Waals surface area (Å²) in [6.07, 6.45) is 4.39. The predicted octanol–water partition coefficient (Wildman–Crippen LogP) is 1.07. The number of aliphatic hydroxyl groups excluding tert-OH is 1. The van der Waals surface area contributed by atoms with Gasteiger partial charge in [-0.1, -0.05) is 0 Å². The van der Waals surface area contributed by atoms with Crippen LogP contribution in [-0.2, 0) is 0 Å². The minimum absolute atomic E-state index is 0.303. The largest absolute Gasteiger partial charge is 0.396 e. The standard InChI is InChI=1S/C12H22N4O/c1-10-13-12(15-14-10)11-5-4-7-16(9-11)6-2-3-8-17/h11,17H,2-9H2,1H3,(H,13,14,15). The van der Waals surface area contributed by atoms with Crippen molar-refractivity contribution in [2.24, 2.45) is 0 Å². The summed E-state index contributed by atoms with van der Waals surface area (Å²) in [6.45, 7) is 5.56. The van der Waals surface area contributed by atoms with Crippen LogP contribution >= 0.6 is 0 Å². The van der Waals surface area contributed by atoms with Crippen molar-refractivity contribution >= 4 is 0 Å². The first-order chi connectivity index (χ1) is 8.29. The summed E-state index contributed by atoms with van der Waals surface area (Å²) >= 11 is 0. The van der Waals surface area contributed by atoms with Gasteiger partial charge in [-0.25, -0.2) is 4.98 Å². The molecule has 2 N–H and O–H groups in total. The van der Waals surface area contributed by atoms with Gasteiger partial charge in [-0.2, -0.15) is 5.10 Å². The Balaban J connectivity index is 1.84. The third kappa shape index (κ3) is 3.51. The minimum Gasteiger partial charge on any atom is -0.396 e. The molecule has 2 rings (SSSR count). The second-order valence-corrected chi connectivity index (χ2v) is 4.85. The summed E-state index contributed by atoms with van der Waals surface area (Å²) in [5, 5.41) is 16.0. The molecule has 0 aromatic carbocycles. The van der Waals surface area contributed by atoms with Crippen molar-refractivity contribution in [3.8, 4) is 0 Å². The Labute approximate surface area is 102 Å². The van der Waals surface area contributed by atoms with Crippen molar-refractivity contribution in [3.05, 3.63) is 11.6 Å². The second-order valence-electron chi connectivity index (χ2n) is 4.85. The highest BCUT2D eigenvalue weighted by Crippen LogP contribution is 2.24. The zero-order valence-electron chi connectivity index (χ0n) is 10.5. The zero-order valence-corrected chi connectivity index (χ0v) is 10.5. The summed E-state index contributed by atoms with van der Waals surface area (Å²) in [4.78, 5) is 6.90. The highest BCUT2D eigenvalue weighted by atomic mass is 16.2. The monoisotopic (exact) mass is 238 g/mol. The Morgan fingerprint density at radius 1 is 1.47 bits per heavy atom. The van der Waals surface area contributed by atoms with Crippen LogP contribution in [0.1, 0.15) is 43.3 Å². The Bertz CT molecular complexity index is 339. The molecule has 1 aliphatic rings. The number of nitrogens with one attached hydrogen (secondary N) is 1. The van der Waals surface area contributed by atoms with Gasteiger partial charge in [0, 0.05) is 19.1 Å². The smallest absolute Gasteiger partial charge is 0.155 e. The van der Waals surface area contributed by atoms with E-state index in [0.717, 1.165) is 37.6 Å². The van der Waals surface area contributed by atoms with Crippen molar-refractivity contribution in [1.82, 2.24) is 20.1 Å². The number of aromatic nitrogens is 3. The number of piperidine rings is 1. The first-order valence-electron chi connectivity index (χ1n) is 6.51. The number of unbranched alkanes of at least 4 members (excludes halogenated alkanes) is 1. The molecule has 0 bridgehead atoms. The summed E-state index contributed by atoms with van der Waals surface area (Å²) < 4.78 is 0. The molecule has 5 nitrogen and oxygen atoms in total. The SMILES string of the molecule is Cc1nc(C2CCCN(CCCCO)C2)n[nH]1. The van der Waals surface area contributed by atoms with E-state index in [4.69, 9.17) is 5.11 Å². The average Bonchev–Trinajstić information content (AvgIpc) is 2.77. The fourth-order valence-electron chi connectivity index (χ4n) is 2.46. The van der Waals surface area contributed by atoms with E-state index in [9.17, 15) is 0 Å². The summed E-state index contributed by atoms with van der Waals surface area (Å²) in [7, 11) is 0.